The maximum absolute atomic E-state index is 15.0. The van der Waals surface area contributed by atoms with E-state index in [9.17, 15) is 9.18 Å². The standard InChI is InChI=1S/C15H21F2NO2/c1-18(20-2)14(19)15(17,10-6-7-11-16)12-13-8-4-3-5-9-13/h3-5,8-9H,6-7,10-12H2,1-2H3. The Morgan fingerprint density at radius 1 is 1.30 bits per heavy atom. The minimum absolute atomic E-state index is 0.0155. The van der Waals surface area contributed by atoms with Gasteiger partial charge >= 0.3 is 0 Å². The van der Waals surface area contributed by atoms with Crippen molar-refractivity contribution in [3.8, 4) is 0 Å². The van der Waals surface area contributed by atoms with Crippen molar-refractivity contribution in [3.63, 3.8) is 0 Å². The van der Waals surface area contributed by atoms with Gasteiger partial charge in [0, 0.05) is 13.5 Å². The number of alkyl halides is 2. The van der Waals surface area contributed by atoms with Gasteiger partial charge in [-0.3, -0.25) is 14.0 Å². The number of nitrogens with zero attached hydrogens (tertiary/aromatic N) is 1. The molecule has 1 aromatic carbocycles. The van der Waals surface area contributed by atoms with Crippen LogP contribution < -0.4 is 0 Å². The van der Waals surface area contributed by atoms with Gasteiger partial charge in [0.15, 0.2) is 5.67 Å². The molecule has 0 spiro atoms. The van der Waals surface area contributed by atoms with Crippen molar-refractivity contribution in [1.29, 1.82) is 0 Å². The molecule has 3 nitrogen and oxygen atoms in total. The monoisotopic (exact) mass is 285 g/mol. The molecule has 0 radical (unpaired) electrons. The van der Waals surface area contributed by atoms with E-state index < -0.39 is 18.3 Å². The lowest BCUT2D eigenvalue weighted by atomic mass is 9.90. The third-order valence-electron chi connectivity index (χ3n) is 3.23. The van der Waals surface area contributed by atoms with E-state index in [1.807, 2.05) is 6.07 Å². The molecule has 0 saturated carbocycles. The van der Waals surface area contributed by atoms with E-state index in [2.05, 4.69) is 0 Å². The van der Waals surface area contributed by atoms with Gasteiger partial charge in [-0.15, -0.1) is 0 Å². The highest BCUT2D eigenvalue weighted by Crippen LogP contribution is 2.27. The molecule has 5 heteroatoms. The molecule has 0 aliphatic rings. The van der Waals surface area contributed by atoms with E-state index in [4.69, 9.17) is 4.84 Å². The van der Waals surface area contributed by atoms with Crippen LogP contribution >= 0.6 is 0 Å². The number of rotatable bonds is 8. The quantitative estimate of drug-likeness (QED) is 0.542. The van der Waals surface area contributed by atoms with Crippen LogP contribution in [-0.4, -0.2) is 37.5 Å². The number of carbonyl (C=O) groups is 1. The van der Waals surface area contributed by atoms with Crippen molar-refractivity contribution in [2.24, 2.45) is 0 Å². The van der Waals surface area contributed by atoms with E-state index in [1.165, 1.54) is 14.2 Å². The molecule has 1 unspecified atom stereocenters. The molecule has 1 atom stereocenters. The summed E-state index contributed by atoms with van der Waals surface area (Å²) in [6.07, 6.45) is 0.526. The number of carbonyl (C=O) groups excluding carboxylic acids is 1. The highest BCUT2D eigenvalue weighted by molar-refractivity contribution is 5.84. The van der Waals surface area contributed by atoms with Crippen LogP contribution in [0.3, 0.4) is 0 Å². The van der Waals surface area contributed by atoms with Gasteiger partial charge in [0.05, 0.1) is 13.8 Å². The van der Waals surface area contributed by atoms with Crippen LogP contribution in [0.25, 0.3) is 0 Å². The first-order chi connectivity index (χ1) is 9.53. The van der Waals surface area contributed by atoms with Gasteiger partial charge in [0.2, 0.25) is 0 Å². The smallest absolute Gasteiger partial charge is 0.274 e. The van der Waals surface area contributed by atoms with Gasteiger partial charge in [-0.2, -0.15) is 0 Å². The summed E-state index contributed by atoms with van der Waals surface area (Å²) in [5.41, 5.74) is -1.34. The summed E-state index contributed by atoms with van der Waals surface area (Å²) in [6, 6.07) is 8.95. The maximum Gasteiger partial charge on any atom is 0.283 e. The Kier molecular flexibility index (Phi) is 6.58. The zero-order chi connectivity index (χ0) is 15.0. The summed E-state index contributed by atoms with van der Waals surface area (Å²) in [6.45, 7) is -0.504. The number of hydroxylamine groups is 2. The van der Waals surface area contributed by atoms with Crippen LogP contribution in [0.15, 0.2) is 30.3 Å². The topological polar surface area (TPSA) is 29.5 Å². The number of halogens is 2. The van der Waals surface area contributed by atoms with E-state index >= 15 is 4.39 Å². The SMILES string of the molecule is CON(C)C(=O)C(F)(CCCCF)Cc1ccccc1. The average molecular weight is 285 g/mol. The van der Waals surface area contributed by atoms with Crippen LogP contribution in [0.5, 0.6) is 0 Å². The van der Waals surface area contributed by atoms with Crippen LogP contribution in [0.1, 0.15) is 24.8 Å². The highest BCUT2D eigenvalue weighted by atomic mass is 19.1. The Bertz CT molecular complexity index is 414. The van der Waals surface area contributed by atoms with Crippen molar-refractivity contribution in [2.45, 2.75) is 31.4 Å². The molecule has 112 valence electrons. The second-order valence-corrected chi connectivity index (χ2v) is 4.76. The predicted molar refractivity (Wildman–Crippen MR) is 73.6 cm³/mol. The molecule has 0 fully saturated rings. The van der Waals surface area contributed by atoms with Gasteiger partial charge in [-0.25, -0.2) is 9.45 Å². The molecular weight excluding hydrogens is 264 g/mol. The lowest BCUT2D eigenvalue weighted by Crippen LogP contribution is -2.45. The fourth-order valence-electron chi connectivity index (χ4n) is 2.06. The molecule has 1 amide bonds. The van der Waals surface area contributed by atoms with E-state index in [-0.39, 0.29) is 19.3 Å². The molecule has 1 aromatic rings. The molecule has 0 saturated heterocycles. The van der Waals surface area contributed by atoms with Crippen LogP contribution in [-0.2, 0) is 16.1 Å². The Hall–Kier alpha value is -1.49. The number of hydrogen-bond donors (Lipinski definition) is 0. The second kappa shape index (κ2) is 7.94. The molecule has 0 aliphatic heterocycles. The fraction of sp³-hybridized carbons (Fsp3) is 0.533. The number of unbranched alkanes of at least 4 members (excludes halogenated alkanes) is 1. The summed E-state index contributed by atoms with van der Waals surface area (Å²) in [4.78, 5) is 16.9. The molecule has 1 rings (SSSR count). The van der Waals surface area contributed by atoms with E-state index in [0.29, 0.717) is 6.42 Å². The Balaban J connectivity index is 2.85. The summed E-state index contributed by atoms with van der Waals surface area (Å²) in [5.74, 6) is -0.734. The van der Waals surface area contributed by atoms with Crippen molar-refractivity contribution < 1.29 is 18.4 Å². The first kappa shape index (κ1) is 16.6. The number of hydrogen-bond acceptors (Lipinski definition) is 2. The van der Waals surface area contributed by atoms with Crippen molar-refractivity contribution in [2.75, 3.05) is 20.8 Å². The second-order valence-electron chi connectivity index (χ2n) is 4.76. The highest BCUT2D eigenvalue weighted by Gasteiger charge is 2.40. The normalized spacial score (nSPS) is 13.8. The van der Waals surface area contributed by atoms with Gasteiger partial charge < -0.3 is 0 Å². The van der Waals surface area contributed by atoms with Crippen molar-refractivity contribution in [1.82, 2.24) is 5.06 Å². The zero-order valence-corrected chi connectivity index (χ0v) is 11.9. The largest absolute Gasteiger partial charge is 0.283 e. The zero-order valence-electron chi connectivity index (χ0n) is 11.9. The molecule has 0 bridgehead atoms. The molecule has 0 aromatic heterocycles. The lowest BCUT2D eigenvalue weighted by Gasteiger charge is -2.28. The summed E-state index contributed by atoms with van der Waals surface area (Å²) < 4.78 is 27.2. The Labute approximate surface area is 118 Å². The maximum atomic E-state index is 15.0. The number of benzene rings is 1. The third kappa shape index (κ3) is 4.56. The van der Waals surface area contributed by atoms with Gasteiger partial charge in [0.1, 0.15) is 0 Å². The minimum Gasteiger partial charge on any atom is -0.274 e. The Morgan fingerprint density at radius 2 is 1.95 bits per heavy atom. The van der Waals surface area contributed by atoms with Gasteiger partial charge in [-0.05, 0) is 24.8 Å². The van der Waals surface area contributed by atoms with Crippen LogP contribution in [0.4, 0.5) is 8.78 Å². The molecule has 0 N–H and O–H groups in total. The third-order valence-corrected chi connectivity index (χ3v) is 3.23. The summed E-state index contributed by atoms with van der Waals surface area (Å²) >= 11 is 0. The van der Waals surface area contributed by atoms with Gasteiger partial charge in [-0.1, -0.05) is 30.3 Å². The first-order valence-corrected chi connectivity index (χ1v) is 6.64. The first-order valence-electron chi connectivity index (χ1n) is 6.64. The van der Waals surface area contributed by atoms with E-state index in [0.717, 1.165) is 10.6 Å². The number of amides is 1. The molecular formula is C15H21F2NO2. The van der Waals surface area contributed by atoms with E-state index in [1.54, 1.807) is 24.3 Å². The lowest BCUT2D eigenvalue weighted by molar-refractivity contribution is -0.182. The molecule has 0 heterocycles. The molecule has 0 aliphatic carbocycles. The van der Waals surface area contributed by atoms with Crippen LogP contribution in [0, 0.1) is 0 Å². The summed E-state index contributed by atoms with van der Waals surface area (Å²) in [5, 5.41) is 0.887. The predicted octanol–water partition coefficient (Wildman–Crippen LogP) is 3.10. The molecule has 20 heavy (non-hydrogen) atoms. The Morgan fingerprint density at radius 3 is 2.50 bits per heavy atom. The van der Waals surface area contributed by atoms with Crippen LogP contribution in [0.2, 0.25) is 0 Å². The van der Waals surface area contributed by atoms with Crippen molar-refractivity contribution in [3.05, 3.63) is 35.9 Å². The minimum atomic E-state index is -2.07. The van der Waals surface area contributed by atoms with Gasteiger partial charge in [0.25, 0.3) is 5.91 Å². The van der Waals surface area contributed by atoms with Crippen molar-refractivity contribution >= 4 is 5.91 Å². The average Bonchev–Trinajstić information content (AvgIpc) is 2.47. The fourth-order valence-corrected chi connectivity index (χ4v) is 2.06. The summed E-state index contributed by atoms with van der Waals surface area (Å²) in [7, 11) is 2.68.